The maximum atomic E-state index is 5.84. The zero-order valence-corrected chi connectivity index (χ0v) is 11.5. The van der Waals surface area contributed by atoms with Crippen LogP contribution in [0.15, 0.2) is 72.8 Å². The number of benzene rings is 3. The van der Waals surface area contributed by atoms with Crippen molar-refractivity contribution in [2.75, 3.05) is 6.61 Å². The van der Waals surface area contributed by atoms with Gasteiger partial charge in [0.15, 0.2) is 0 Å². The second kappa shape index (κ2) is 6.25. The van der Waals surface area contributed by atoms with Crippen LogP contribution in [0.3, 0.4) is 0 Å². The van der Waals surface area contributed by atoms with Gasteiger partial charge in [0.25, 0.3) is 0 Å². The smallest absolute Gasteiger partial charge is 0.119 e. The summed E-state index contributed by atoms with van der Waals surface area (Å²) < 4.78 is 5.84. The lowest BCUT2D eigenvalue weighted by Crippen LogP contribution is -1.99. The fraction of sp³-hybridized carbons (Fsp3) is 0.158. The Balaban J connectivity index is 1.55. The zero-order chi connectivity index (χ0) is 13.6. The van der Waals surface area contributed by atoms with Gasteiger partial charge in [-0.3, -0.25) is 0 Å². The molecule has 0 atom stereocenters. The van der Waals surface area contributed by atoms with Gasteiger partial charge in [-0.15, -0.1) is 0 Å². The summed E-state index contributed by atoms with van der Waals surface area (Å²) in [5.41, 5.74) is 1.37. The van der Waals surface area contributed by atoms with Gasteiger partial charge in [-0.25, -0.2) is 0 Å². The van der Waals surface area contributed by atoms with Crippen LogP contribution < -0.4 is 4.74 Å². The van der Waals surface area contributed by atoms with Crippen molar-refractivity contribution in [3.63, 3.8) is 0 Å². The van der Waals surface area contributed by atoms with Crippen molar-refractivity contribution in [2.45, 2.75) is 12.8 Å². The van der Waals surface area contributed by atoms with Crippen molar-refractivity contribution in [3.8, 4) is 5.75 Å². The van der Waals surface area contributed by atoms with Gasteiger partial charge < -0.3 is 4.74 Å². The molecule has 3 aromatic rings. The van der Waals surface area contributed by atoms with Crippen molar-refractivity contribution < 1.29 is 4.74 Å². The monoisotopic (exact) mass is 262 g/mol. The van der Waals surface area contributed by atoms with E-state index in [4.69, 9.17) is 4.74 Å². The van der Waals surface area contributed by atoms with Crippen LogP contribution in [0.25, 0.3) is 10.8 Å². The number of hydrogen-bond donors (Lipinski definition) is 0. The second-order valence-electron chi connectivity index (χ2n) is 4.95. The molecule has 0 aliphatic rings. The van der Waals surface area contributed by atoms with Gasteiger partial charge in [-0.05, 0) is 41.3 Å². The Labute approximate surface area is 119 Å². The predicted molar refractivity (Wildman–Crippen MR) is 84.2 cm³/mol. The van der Waals surface area contributed by atoms with E-state index in [9.17, 15) is 0 Å². The molecule has 0 saturated carbocycles. The first-order valence-electron chi connectivity index (χ1n) is 7.07. The van der Waals surface area contributed by atoms with Crippen LogP contribution in [-0.2, 0) is 6.42 Å². The second-order valence-corrected chi connectivity index (χ2v) is 4.95. The molecule has 0 aliphatic carbocycles. The first-order chi connectivity index (χ1) is 9.92. The minimum atomic E-state index is 0.757. The minimum Gasteiger partial charge on any atom is -0.494 e. The van der Waals surface area contributed by atoms with Crippen molar-refractivity contribution in [3.05, 3.63) is 78.4 Å². The van der Waals surface area contributed by atoms with Crippen LogP contribution >= 0.6 is 0 Å². The minimum absolute atomic E-state index is 0.757. The molecule has 1 nitrogen and oxygen atoms in total. The Kier molecular flexibility index (Phi) is 3.98. The molecule has 0 bridgehead atoms. The fourth-order valence-electron chi connectivity index (χ4n) is 2.37. The van der Waals surface area contributed by atoms with Gasteiger partial charge in [-0.1, -0.05) is 60.7 Å². The lowest BCUT2D eigenvalue weighted by molar-refractivity contribution is 0.311. The molecular formula is C19H18O. The van der Waals surface area contributed by atoms with E-state index in [0.717, 1.165) is 25.2 Å². The molecule has 0 aromatic heterocycles. The van der Waals surface area contributed by atoms with E-state index in [1.54, 1.807) is 0 Å². The van der Waals surface area contributed by atoms with Gasteiger partial charge in [0.1, 0.15) is 5.75 Å². The highest BCUT2D eigenvalue weighted by atomic mass is 16.5. The molecule has 0 heterocycles. The molecule has 3 aromatic carbocycles. The van der Waals surface area contributed by atoms with E-state index in [1.165, 1.54) is 16.3 Å². The van der Waals surface area contributed by atoms with E-state index in [1.807, 2.05) is 6.07 Å². The Bertz CT molecular complexity index is 673. The fourth-order valence-corrected chi connectivity index (χ4v) is 2.37. The number of ether oxygens (including phenoxy) is 1. The highest BCUT2D eigenvalue weighted by Gasteiger charge is 1.97. The van der Waals surface area contributed by atoms with E-state index >= 15 is 0 Å². The third-order valence-corrected chi connectivity index (χ3v) is 3.44. The molecule has 100 valence electrons. The van der Waals surface area contributed by atoms with Gasteiger partial charge >= 0.3 is 0 Å². The van der Waals surface area contributed by atoms with Crippen molar-refractivity contribution >= 4 is 10.8 Å². The van der Waals surface area contributed by atoms with E-state index < -0.39 is 0 Å². The Morgan fingerprint density at radius 3 is 2.30 bits per heavy atom. The molecule has 0 radical (unpaired) electrons. The summed E-state index contributed by atoms with van der Waals surface area (Å²) in [6.07, 6.45) is 2.10. The Morgan fingerprint density at radius 1 is 0.700 bits per heavy atom. The van der Waals surface area contributed by atoms with Crippen LogP contribution in [0.4, 0.5) is 0 Å². The van der Waals surface area contributed by atoms with Crippen LogP contribution in [0.2, 0.25) is 0 Å². The van der Waals surface area contributed by atoms with Gasteiger partial charge in [0.05, 0.1) is 6.61 Å². The van der Waals surface area contributed by atoms with E-state index in [0.29, 0.717) is 0 Å². The quantitative estimate of drug-likeness (QED) is 0.597. The Hall–Kier alpha value is -2.28. The summed E-state index contributed by atoms with van der Waals surface area (Å²) in [5.74, 6) is 0.955. The molecule has 0 fully saturated rings. The largest absolute Gasteiger partial charge is 0.494 e. The predicted octanol–water partition coefficient (Wildman–Crippen LogP) is 4.85. The highest BCUT2D eigenvalue weighted by molar-refractivity contribution is 5.83. The average Bonchev–Trinajstić information content (AvgIpc) is 2.52. The Morgan fingerprint density at radius 2 is 1.45 bits per heavy atom. The topological polar surface area (TPSA) is 9.23 Å². The SMILES string of the molecule is c1ccc(CCCOc2ccc3ccccc3c2)cc1. The van der Waals surface area contributed by atoms with E-state index in [-0.39, 0.29) is 0 Å². The van der Waals surface area contributed by atoms with Gasteiger partial charge in [0, 0.05) is 0 Å². The molecule has 20 heavy (non-hydrogen) atoms. The first kappa shape index (κ1) is 12.7. The van der Waals surface area contributed by atoms with Crippen molar-refractivity contribution in [2.24, 2.45) is 0 Å². The number of rotatable bonds is 5. The molecule has 0 amide bonds. The lowest BCUT2D eigenvalue weighted by atomic mass is 10.1. The van der Waals surface area contributed by atoms with Crippen molar-refractivity contribution in [1.82, 2.24) is 0 Å². The maximum absolute atomic E-state index is 5.84. The summed E-state index contributed by atoms with van der Waals surface area (Å²) >= 11 is 0. The molecule has 1 heteroatoms. The summed E-state index contributed by atoms with van der Waals surface area (Å²) in [6, 6.07) is 25.2. The third kappa shape index (κ3) is 3.18. The molecule has 0 saturated heterocycles. The van der Waals surface area contributed by atoms with Gasteiger partial charge in [0.2, 0.25) is 0 Å². The molecule has 0 spiro atoms. The summed E-state index contributed by atoms with van der Waals surface area (Å²) in [7, 11) is 0. The standard InChI is InChI=1S/C19H18O/c1-2-7-16(8-3-1)9-6-14-20-19-13-12-17-10-4-5-11-18(17)15-19/h1-5,7-8,10-13,15H,6,9,14H2. The summed E-state index contributed by atoms with van der Waals surface area (Å²) in [4.78, 5) is 0. The maximum Gasteiger partial charge on any atom is 0.119 e. The molecule has 0 N–H and O–H groups in total. The van der Waals surface area contributed by atoms with E-state index in [2.05, 4.69) is 66.7 Å². The molecule has 3 rings (SSSR count). The molecular weight excluding hydrogens is 244 g/mol. The van der Waals surface area contributed by atoms with Crippen LogP contribution in [-0.4, -0.2) is 6.61 Å². The highest BCUT2D eigenvalue weighted by Crippen LogP contribution is 2.20. The van der Waals surface area contributed by atoms with Crippen LogP contribution in [0.5, 0.6) is 5.75 Å². The van der Waals surface area contributed by atoms with Crippen molar-refractivity contribution in [1.29, 1.82) is 0 Å². The average molecular weight is 262 g/mol. The number of aryl methyl sites for hydroxylation is 1. The van der Waals surface area contributed by atoms with Gasteiger partial charge in [-0.2, -0.15) is 0 Å². The molecule has 0 unspecified atom stereocenters. The summed E-state index contributed by atoms with van der Waals surface area (Å²) in [5, 5.41) is 2.48. The third-order valence-electron chi connectivity index (χ3n) is 3.44. The number of hydrogen-bond acceptors (Lipinski definition) is 1. The first-order valence-corrected chi connectivity index (χ1v) is 7.07. The molecule has 0 aliphatic heterocycles. The normalized spacial score (nSPS) is 10.6. The lowest BCUT2D eigenvalue weighted by Gasteiger charge is -2.07. The summed E-state index contributed by atoms with van der Waals surface area (Å²) in [6.45, 7) is 0.757. The van der Waals surface area contributed by atoms with Crippen LogP contribution in [0.1, 0.15) is 12.0 Å². The van der Waals surface area contributed by atoms with Crippen LogP contribution in [0, 0.1) is 0 Å². The zero-order valence-electron chi connectivity index (χ0n) is 11.5. The number of fused-ring (bicyclic) bond motifs is 1.